The first-order valence-electron chi connectivity index (χ1n) is 8.08. The Bertz CT molecular complexity index is 706. The third-order valence-electron chi connectivity index (χ3n) is 4.41. The number of nitrogens with one attached hydrogen (secondary N) is 1. The van der Waals surface area contributed by atoms with Crippen molar-refractivity contribution in [2.75, 3.05) is 25.0 Å². The molecule has 6 heteroatoms. The minimum atomic E-state index is -0.518. The molecule has 2 aromatic rings. The van der Waals surface area contributed by atoms with Crippen LogP contribution in [0.1, 0.15) is 34.7 Å². The second-order valence-electron chi connectivity index (χ2n) is 6.04. The van der Waals surface area contributed by atoms with E-state index in [-0.39, 0.29) is 5.91 Å². The number of nitrogens with two attached hydrogens (primary N) is 1. The van der Waals surface area contributed by atoms with E-state index in [1.807, 2.05) is 6.07 Å². The second kappa shape index (κ2) is 7.59. The van der Waals surface area contributed by atoms with Crippen molar-refractivity contribution in [2.45, 2.75) is 18.8 Å². The number of likely N-dealkylation sites (tertiary alicyclic amines) is 1. The lowest BCUT2D eigenvalue weighted by molar-refractivity contribution is -0.117. The molecule has 0 radical (unpaired) electrons. The normalized spacial score (nSPS) is 16.0. The zero-order valence-electron chi connectivity index (χ0n) is 13.4. The Kier molecular flexibility index (Phi) is 5.27. The van der Waals surface area contributed by atoms with Crippen molar-refractivity contribution in [1.29, 1.82) is 0 Å². The Morgan fingerprint density at radius 2 is 1.88 bits per heavy atom. The minimum Gasteiger partial charge on any atom is -0.366 e. The molecule has 1 aromatic carbocycles. The highest BCUT2D eigenvalue weighted by Crippen LogP contribution is 2.28. The second-order valence-corrected chi connectivity index (χ2v) is 6.95. The van der Waals surface area contributed by atoms with Gasteiger partial charge in [0.05, 0.1) is 12.1 Å². The summed E-state index contributed by atoms with van der Waals surface area (Å²) < 4.78 is 0. The van der Waals surface area contributed by atoms with Gasteiger partial charge in [-0.15, -0.1) is 11.3 Å². The smallest absolute Gasteiger partial charge is 0.251 e. The Morgan fingerprint density at radius 3 is 2.54 bits per heavy atom. The number of hydrogen-bond donors (Lipinski definition) is 2. The van der Waals surface area contributed by atoms with Gasteiger partial charge in [-0.25, -0.2) is 0 Å². The SMILES string of the molecule is NC(=O)c1ccsc1NC(=O)CN1CCC(c2ccccc2)CC1. The first-order valence-corrected chi connectivity index (χ1v) is 8.96. The average molecular weight is 343 g/mol. The third-order valence-corrected chi connectivity index (χ3v) is 5.24. The summed E-state index contributed by atoms with van der Waals surface area (Å²) in [7, 11) is 0. The van der Waals surface area contributed by atoms with Crippen LogP contribution in [0.4, 0.5) is 5.00 Å². The third kappa shape index (κ3) is 4.01. The fourth-order valence-electron chi connectivity index (χ4n) is 3.12. The van der Waals surface area contributed by atoms with Gasteiger partial charge in [0, 0.05) is 0 Å². The van der Waals surface area contributed by atoms with Crippen molar-refractivity contribution < 1.29 is 9.59 Å². The summed E-state index contributed by atoms with van der Waals surface area (Å²) in [5.74, 6) is -0.0439. The van der Waals surface area contributed by atoms with Crippen molar-refractivity contribution in [1.82, 2.24) is 4.90 Å². The lowest BCUT2D eigenvalue weighted by Crippen LogP contribution is -2.38. The molecule has 1 aromatic heterocycles. The zero-order chi connectivity index (χ0) is 16.9. The van der Waals surface area contributed by atoms with Crippen LogP contribution in [0.2, 0.25) is 0 Å². The largest absolute Gasteiger partial charge is 0.366 e. The molecule has 0 saturated carbocycles. The number of carbonyl (C=O) groups is 2. The van der Waals surface area contributed by atoms with Crippen molar-refractivity contribution in [3.63, 3.8) is 0 Å². The highest BCUT2D eigenvalue weighted by Gasteiger charge is 2.22. The summed E-state index contributed by atoms with van der Waals surface area (Å²) in [5.41, 5.74) is 7.05. The fraction of sp³-hybridized carbons (Fsp3) is 0.333. The highest BCUT2D eigenvalue weighted by molar-refractivity contribution is 7.14. The van der Waals surface area contributed by atoms with Crippen LogP contribution in [0.3, 0.4) is 0 Å². The molecule has 0 bridgehead atoms. The molecule has 126 valence electrons. The summed E-state index contributed by atoms with van der Waals surface area (Å²) in [5, 5.41) is 5.08. The van der Waals surface area contributed by atoms with E-state index in [1.54, 1.807) is 11.4 Å². The van der Waals surface area contributed by atoms with E-state index < -0.39 is 5.91 Å². The summed E-state index contributed by atoms with van der Waals surface area (Å²) in [4.78, 5) is 25.7. The van der Waals surface area contributed by atoms with Crippen LogP contribution >= 0.6 is 11.3 Å². The van der Waals surface area contributed by atoms with E-state index in [0.29, 0.717) is 23.0 Å². The number of nitrogens with zero attached hydrogens (tertiary/aromatic N) is 1. The molecule has 5 nitrogen and oxygen atoms in total. The van der Waals surface area contributed by atoms with Crippen LogP contribution in [-0.2, 0) is 4.79 Å². The molecule has 1 fully saturated rings. The van der Waals surface area contributed by atoms with E-state index in [1.165, 1.54) is 16.9 Å². The van der Waals surface area contributed by atoms with E-state index in [0.717, 1.165) is 25.9 Å². The zero-order valence-corrected chi connectivity index (χ0v) is 14.2. The lowest BCUT2D eigenvalue weighted by atomic mass is 9.89. The molecule has 1 aliphatic rings. The predicted octanol–water partition coefficient (Wildman–Crippen LogP) is 2.67. The predicted molar refractivity (Wildman–Crippen MR) is 96.3 cm³/mol. The number of primary amides is 1. The quantitative estimate of drug-likeness (QED) is 0.876. The number of amides is 2. The molecule has 3 N–H and O–H groups in total. The molecule has 2 amide bonds. The average Bonchev–Trinajstić information content (AvgIpc) is 3.04. The fourth-order valence-corrected chi connectivity index (χ4v) is 3.93. The van der Waals surface area contributed by atoms with Crippen LogP contribution in [0.25, 0.3) is 0 Å². The van der Waals surface area contributed by atoms with Gasteiger partial charge in [0.15, 0.2) is 0 Å². The topological polar surface area (TPSA) is 75.4 Å². The summed E-state index contributed by atoms with van der Waals surface area (Å²) in [6.07, 6.45) is 2.12. The van der Waals surface area contributed by atoms with Gasteiger partial charge in [0.2, 0.25) is 5.91 Å². The molecule has 2 heterocycles. The van der Waals surface area contributed by atoms with Gasteiger partial charge >= 0.3 is 0 Å². The standard InChI is InChI=1S/C18H21N3O2S/c19-17(23)15-8-11-24-18(15)20-16(22)12-21-9-6-14(7-10-21)13-4-2-1-3-5-13/h1-5,8,11,14H,6-7,9-10,12H2,(H2,19,23)(H,20,22). The summed E-state index contributed by atoms with van der Waals surface area (Å²) >= 11 is 1.31. The first kappa shape index (κ1) is 16.7. The first-order chi connectivity index (χ1) is 11.6. The van der Waals surface area contributed by atoms with Crippen LogP contribution in [0.15, 0.2) is 41.8 Å². The van der Waals surface area contributed by atoms with E-state index in [4.69, 9.17) is 5.73 Å². The molecule has 0 spiro atoms. The molecule has 0 aliphatic carbocycles. The van der Waals surface area contributed by atoms with Gasteiger partial charge in [0.25, 0.3) is 5.91 Å². The number of rotatable bonds is 5. The summed E-state index contributed by atoms with van der Waals surface area (Å²) in [6.45, 7) is 2.15. The minimum absolute atomic E-state index is 0.0990. The van der Waals surface area contributed by atoms with Crippen molar-refractivity contribution in [3.05, 3.63) is 52.9 Å². The number of hydrogen-bond acceptors (Lipinski definition) is 4. The molecule has 0 unspecified atom stereocenters. The molecule has 24 heavy (non-hydrogen) atoms. The van der Waals surface area contributed by atoms with Gasteiger partial charge < -0.3 is 11.1 Å². The monoisotopic (exact) mass is 343 g/mol. The Hall–Kier alpha value is -2.18. The van der Waals surface area contributed by atoms with Crippen LogP contribution in [0, 0.1) is 0 Å². The van der Waals surface area contributed by atoms with Crippen LogP contribution in [0.5, 0.6) is 0 Å². The van der Waals surface area contributed by atoms with Crippen molar-refractivity contribution in [3.8, 4) is 0 Å². The van der Waals surface area contributed by atoms with Gasteiger partial charge in [-0.1, -0.05) is 30.3 Å². The number of carbonyl (C=O) groups excluding carboxylic acids is 2. The van der Waals surface area contributed by atoms with E-state index in [2.05, 4.69) is 34.5 Å². The molecule has 1 saturated heterocycles. The maximum Gasteiger partial charge on any atom is 0.251 e. The van der Waals surface area contributed by atoms with E-state index >= 15 is 0 Å². The Balaban J connectivity index is 1.50. The van der Waals surface area contributed by atoms with Crippen molar-refractivity contribution in [2.24, 2.45) is 5.73 Å². The van der Waals surface area contributed by atoms with Crippen LogP contribution < -0.4 is 11.1 Å². The maximum atomic E-state index is 12.2. The maximum absolute atomic E-state index is 12.2. The number of thiophene rings is 1. The molecular weight excluding hydrogens is 322 g/mol. The van der Waals surface area contributed by atoms with Gasteiger partial charge in [-0.3, -0.25) is 14.5 Å². The Labute approximate surface area is 145 Å². The molecular formula is C18H21N3O2S. The number of benzene rings is 1. The highest BCUT2D eigenvalue weighted by atomic mass is 32.1. The number of piperidine rings is 1. The Morgan fingerprint density at radius 1 is 1.17 bits per heavy atom. The lowest BCUT2D eigenvalue weighted by Gasteiger charge is -2.31. The summed E-state index contributed by atoms with van der Waals surface area (Å²) in [6, 6.07) is 12.2. The molecule has 1 aliphatic heterocycles. The van der Waals surface area contributed by atoms with Crippen LogP contribution in [-0.4, -0.2) is 36.3 Å². The van der Waals surface area contributed by atoms with Gasteiger partial charge in [-0.05, 0) is 48.9 Å². The molecule has 3 rings (SSSR count). The molecule has 0 atom stereocenters. The van der Waals surface area contributed by atoms with Gasteiger partial charge in [0.1, 0.15) is 5.00 Å². The number of anilines is 1. The van der Waals surface area contributed by atoms with Crippen molar-refractivity contribution >= 4 is 28.2 Å². The van der Waals surface area contributed by atoms with E-state index in [9.17, 15) is 9.59 Å². The van der Waals surface area contributed by atoms with Gasteiger partial charge in [-0.2, -0.15) is 0 Å².